The predicted molar refractivity (Wildman–Crippen MR) is 91.9 cm³/mol. The predicted octanol–water partition coefficient (Wildman–Crippen LogP) is 3.72. The van der Waals surface area contributed by atoms with Gasteiger partial charge in [0, 0.05) is 24.5 Å². The molecule has 2 aliphatic rings. The fourth-order valence-corrected chi connectivity index (χ4v) is 4.53. The lowest BCUT2D eigenvalue weighted by Gasteiger charge is -2.54. The van der Waals surface area contributed by atoms with Crippen LogP contribution in [0.15, 0.2) is 29.2 Å². The molecule has 0 unspecified atom stereocenters. The Bertz CT molecular complexity index is 458. The highest BCUT2D eigenvalue weighted by Gasteiger charge is 2.43. The largest absolute Gasteiger partial charge is 0.302 e. The number of nitrogens with zero attached hydrogens (tertiary/aromatic N) is 2. The Hall–Kier alpha value is -0.510. The molecule has 0 atom stereocenters. The van der Waals surface area contributed by atoms with E-state index in [2.05, 4.69) is 47.9 Å². The van der Waals surface area contributed by atoms with E-state index in [1.54, 1.807) is 0 Å². The van der Waals surface area contributed by atoms with Crippen LogP contribution in [0.1, 0.15) is 32.3 Å². The molecular weight excluding hydrogens is 276 g/mol. The van der Waals surface area contributed by atoms with Gasteiger partial charge in [-0.05, 0) is 61.3 Å². The Morgan fingerprint density at radius 1 is 1.10 bits per heavy atom. The van der Waals surface area contributed by atoms with Crippen LogP contribution in [0.4, 0.5) is 0 Å². The van der Waals surface area contributed by atoms with Gasteiger partial charge in [-0.15, -0.1) is 11.8 Å². The van der Waals surface area contributed by atoms with Crippen molar-refractivity contribution in [2.45, 2.75) is 38.1 Å². The summed E-state index contributed by atoms with van der Waals surface area (Å²) in [7, 11) is 0. The molecule has 2 aliphatic heterocycles. The average molecular weight is 305 g/mol. The van der Waals surface area contributed by atoms with Gasteiger partial charge in [0.25, 0.3) is 0 Å². The number of thioether (sulfide) groups is 1. The normalized spacial score (nSPS) is 22.4. The maximum Gasteiger partial charge on any atom is 0.0234 e. The first-order valence-electron chi connectivity index (χ1n) is 8.39. The summed E-state index contributed by atoms with van der Waals surface area (Å²) in [5.41, 5.74) is 2.15. The van der Waals surface area contributed by atoms with E-state index < -0.39 is 0 Å². The van der Waals surface area contributed by atoms with Crippen molar-refractivity contribution in [3.05, 3.63) is 29.8 Å². The third-order valence-corrected chi connectivity index (χ3v) is 5.97. The number of piperidine rings is 1. The fraction of sp³-hybridized carbons (Fsp3) is 0.667. The van der Waals surface area contributed by atoms with Crippen molar-refractivity contribution in [3.63, 3.8) is 0 Å². The molecule has 21 heavy (non-hydrogen) atoms. The van der Waals surface area contributed by atoms with E-state index in [0.717, 1.165) is 12.3 Å². The Morgan fingerprint density at radius 3 is 2.52 bits per heavy atom. The zero-order valence-corrected chi connectivity index (χ0v) is 14.3. The summed E-state index contributed by atoms with van der Waals surface area (Å²) in [6.07, 6.45) is 2.79. The second-order valence-electron chi connectivity index (χ2n) is 6.66. The van der Waals surface area contributed by atoms with Gasteiger partial charge in [0.15, 0.2) is 0 Å². The smallest absolute Gasteiger partial charge is 0.0234 e. The van der Waals surface area contributed by atoms with Gasteiger partial charge in [-0.3, -0.25) is 4.90 Å². The van der Waals surface area contributed by atoms with Crippen LogP contribution in [0.3, 0.4) is 0 Å². The minimum absolute atomic E-state index is 0.673. The van der Waals surface area contributed by atoms with Crippen LogP contribution < -0.4 is 0 Å². The highest BCUT2D eigenvalue weighted by atomic mass is 32.2. The Balaban J connectivity index is 1.50. The van der Waals surface area contributed by atoms with Crippen molar-refractivity contribution in [1.29, 1.82) is 0 Å². The van der Waals surface area contributed by atoms with Gasteiger partial charge in [-0.2, -0.15) is 0 Å². The lowest BCUT2D eigenvalue weighted by Crippen LogP contribution is -2.59. The van der Waals surface area contributed by atoms with E-state index in [4.69, 9.17) is 0 Å². The van der Waals surface area contributed by atoms with E-state index >= 15 is 0 Å². The third kappa shape index (κ3) is 3.64. The Labute approximate surface area is 133 Å². The van der Waals surface area contributed by atoms with Crippen molar-refractivity contribution in [1.82, 2.24) is 9.80 Å². The summed E-state index contributed by atoms with van der Waals surface area (Å²) in [6.45, 7) is 12.1. The summed E-state index contributed by atoms with van der Waals surface area (Å²) in [5.74, 6) is 1.16. The second kappa shape index (κ2) is 6.72. The molecule has 0 aromatic heterocycles. The van der Waals surface area contributed by atoms with Gasteiger partial charge >= 0.3 is 0 Å². The molecule has 0 amide bonds. The fourth-order valence-electron chi connectivity index (χ4n) is 3.79. The van der Waals surface area contributed by atoms with Crippen molar-refractivity contribution in [2.75, 3.05) is 38.5 Å². The number of hydrogen-bond donors (Lipinski definition) is 0. The van der Waals surface area contributed by atoms with Crippen LogP contribution in [-0.4, -0.2) is 48.3 Å². The van der Waals surface area contributed by atoms with Gasteiger partial charge in [0.05, 0.1) is 0 Å². The first-order chi connectivity index (χ1) is 10.2. The molecule has 0 N–H and O–H groups in total. The number of rotatable bonds is 5. The molecule has 0 aliphatic carbocycles. The average Bonchev–Trinajstić information content (AvgIpc) is 2.47. The molecule has 2 nitrogen and oxygen atoms in total. The molecule has 0 radical (unpaired) electrons. The third-order valence-electron chi connectivity index (χ3n) is 5.10. The van der Waals surface area contributed by atoms with Gasteiger partial charge < -0.3 is 4.90 Å². The molecular formula is C18H28N2S. The molecule has 0 bridgehead atoms. The van der Waals surface area contributed by atoms with E-state index in [0.29, 0.717) is 5.41 Å². The van der Waals surface area contributed by atoms with Crippen molar-refractivity contribution in [2.24, 2.45) is 5.41 Å². The minimum atomic E-state index is 0.673. The van der Waals surface area contributed by atoms with E-state index in [1.807, 2.05) is 11.8 Å². The maximum absolute atomic E-state index is 2.65. The number of hydrogen-bond acceptors (Lipinski definition) is 3. The monoisotopic (exact) mass is 304 g/mol. The summed E-state index contributed by atoms with van der Waals surface area (Å²) in [6, 6.07) is 9.10. The van der Waals surface area contributed by atoms with Crippen LogP contribution in [-0.2, 0) is 6.54 Å². The van der Waals surface area contributed by atoms with Crippen molar-refractivity contribution in [3.8, 4) is 0 Å². The molecule has 2 heterocycles. The van der Waals surface area contributed by atoms with E-state index in [9.17, 15) is 0 Å². The summed E-state index contributed by atoms with van der Waals surface area (Å²) in [4.78, 5) is 6.65. The summed E-state index contributed by atoms with van der Waals surface area (Å²) in [5, 5.41) is 0. The Kier molecular flexibility index (Phi) is 4.92. The first-order valence-corrected chi connectivity index (χ1v) is 9.38. The van der Waals surface area contributed by atoms with Crippen LogP contribution in [0.2, 0.25) is 0 Å². The molecule has 3 heteroatoms. The van der Waals surface area contributed by atoms with Crippen molar-refractivity contribution < 1.29 is 0 Å². The zero-order valence-electron chi connectivity index (χ0n) is 13.5. The first kappa shape index (κ1) is 15.4. The molecule has 0 saturated carbocycles. The van der Waals surface area contributed by atoms with Crippen LogP contribution in [0.5, 0.6) is 0 Å². The molecule has 1 aromatic carbocycles. The molecule has 3 rings (SSSR count). The summed E-state index contributed by atoms with van der Waals surface area (Å²) >= 11 is 1.94. The van der Waals surface area contributed by atoms with Gasteiger partial charge in [0.2, 0.25) is 0 Å². The second-order valence-corrected chi connectivity index (χ2v) is 8.00. The zero-order chi connectivity index (χ0) is 14.7. The van der Waals surface area contributed by atoms with Gasteiger partial charge in [-0.25, -0.2) is 0 Å². The van der Waals surface area contributed by atoms with Gasteiger partial charge in [0.1, 0.15) is 0 Å². The molecule has 1 spiro atoms. The van der Waals surface area contributed by atoms with Crippen molar-refractivity contribution >= 4 is 11.8 Å². The Morgan fingerprint density at radius 2 is 1.86 bits per heavy atom. The van der Waals surface area contributed by atoms with Crippen LogP contribution in [0, 0.1) is 5.41 Å². The molecule has 2 saturated heterocycles. The lowest BCUT2D eigenvalue weighted by molar-refractivity contribution is -0.0447. The number of benzene rings is 1. The van der Waals surface area contributed by atoms with E-state index in [1.165, 1.54) is 56.0 Å². The molecule has 2 fully saturated rings. The quantitative estimate of drug-likeness (QED) is 0.766. The topological polar surface area (TPSA) is 6.48 Å². The maximum atomic E-state index is 2.65. The molecule has 116 valence electrons. The standard InChI is InChI=1S/C18H28N2S/c1-3-19-14-18(15-19)8-10-20(11-9-18)13-16-6-5-7-17(12-16)21-4-2/h5-7,12H,3-4,8-11,13-15H2,1-2H3. The van der Waals surface area contributed by atoms with E-state index in [-0.39, 0.29) is 0 Å². The minimum Gasteiger partial charge on any atom is -0.302 e. The van der Waals surface area contributed by atoms with Crippen LogP contribution >= 0.6 is 11.8 Å². The summed E-state index contributed by atoms with van der Waals surface area (Å²) < 4.78 is 0. The highest BCUT2D eigenvalue weighted by molar-refractivity contribution is 7.99. The van der Waals surface area contributed by atoms with Gasteiger partial charge in [-0.1, -0.05) is 26.0 Å². The number of likely N-dealkylation sites (tertiary alicyclic amines) is 2. The SMILES string of the molecule is CCSc1cccc(CN2CCC3(CC2)CN(CC)C3)c1. The van der Waals surface area contributed by atoms with Crippen LogP contribution in [0.25, 0.3) is 0 Å². The highest BCUT2D eigenvalue weighted by Crippen LogP contribution is 2.40. The molecule has 1 aromatic rings. The lowest BCUT2D eigenvalue weighted by atomic mass is 9.72.